The van der Waals surface area contributed by atoms with Gasteiger partial charge in [0, 0.05) is 38.9 Å². The van der Waals surface area contributed by atoms with Gasteiger partial charge in [-0.15, -0.1) is 10.2 Å². The summed E-state index contributed by atoms with van der Waals surface area (Å²) in [5, 5.41) is 8.49. The molecule has 3 heterocycles. The first-order chi connectivity index (χ1) is 12.2. The average Bonchev–Trinajstić information content (AvgIpc) is 2.96. The Kier molecular flexibility index (Phi) is 4.53. The summed E-state index contributed by atoms with van der Waals surface area (Å²) in [6.07, 6.45) is 2.59. The third-order valence-electron chi connectivity index (χ3n) is 5.50. The Balaban J connectivity index is 1.35. The summed E-state index contributed by atoms with van der Waals surface area (Å²) in [7, 11) is 1.92. The number of carbonyl (C=O) groups is 1. The highest BCUT2D eigenvalue weighted by Gasteiger charge is 2.36. The molecule has 2 fully saturated rings. The summed E-state index contributed by atoms with van der Waals surface area (Å²) in [6, 6.07) is 9.94. The number of nitrogens with zero attached hydrogens (tertiary/aromatic N) is 4. The Morgan fingerprint density at radius 3 is 2.56 bits per heavy atom. The first kappa shape index (κ1) is 16.3. The highest BCUT2D eigenvalue weighted by molar-refractivity contribution is 5.79. The second-order valence-electron chi connectivity index (χ2n) is 7.05. The molecule has 1 aromatic heterocycles. The van der Waals surface area contributed by atoms with E-state index >= 15 is 0 Å². The van der Waals surface area contributed by atoms with Gasteiger partial charge in [-0.2, -0.15) is 0 Å². The van der Waals surface area contributed by atoms with E-state index in [-0.39, 0.29) is 5.91 Å². The largest absolute Gasteiger partial charge is 0.381 e. The topological polar surface area (TPSA) is 60.2 Å². The van der Waals surface area contributed by atoms with Crippen LogP contribution in [0.2, 0.25) is 0 Å². The molecule has 0 atom stereocenters. The maximum absolute atomic E-state index is 12.5. The van der Waals surface area contributed by atoms with Crippen LogP contribution < -0.4 is 0 Å². The number of ether oxygens (including phenoxy) is 1. The van der Waals surface area contributed by atoms with Crippen molar-refractivity contribution < 1.29 is 9.53 Å². The third kappa shape index (κ3) is 3.31. The Hall–Kier alpha value is -2.21. The van der Waals surface area contributed by atoms with Crippen LogP contribution in [0, 0.1) is 11.8 Å². The molecule has 2 saturated heterocycles. The molecular formula is C19H24N4O2. The molecule has 132 valence electrons. The zero-order valence-corrected chi connectivity index (χ0v) is 14.6. The molecule has 1 amide bonds. The number of hydrogen-bond donors (Lipinski definition) is 0. The van der Waals surface area contributed by atoms with Gasteiger partial charge >= 0.3 is 0 Å². The maximum atomic E-state index is 12.5. The van der Waals surface area contributed by atoms with Crippen molar-refractivity contribution in [2.45, 2.75) is 19.3 Å². The lowest BCUT2D eigenvalue weighted by Gasteiger charge is -2.44. The average molecular weight is 340 g/mol. The molecule has 0 bridgehead atoms. The molecule has 1 aromatic carbocycles. The molecule has 0 spiro atoms. The van der Waals surface area contributed by atoms with Gasteiger partial charge in [-0.05, 0) is 24.7 Å². The standard InChI is InChI=1S/C19H24N4O2/c1-22-17(20-21-19(22)15-5-3-2-4-6-15)11-18(24)23-12-16(13-23)14-7-9-25-10-8-14/h2-6,14,16H,7-13H2,1H3. The van der Waals surface area contributed by atoms with Gasteiger partial charge in [-0.25, -0.2) is 0 Å². The van der Waals surface area contributed by atoms with Crippen molar-refractivity contribution in [3.05, 3.63) is 36.2 Å². The number of amides is 1. The van der Waals surface area contributed by atoms with Crippen LogP contribution in [-0.2, 0) is 23.0 Å². The molecular weight excluding hydrogens is 316 g/mol. The monoisotopic (exact) mass is 340 g/mol. The molecule has 6 nitrogen and oxygen atoms in total. The van der Waals surface area contributed by atoms with Gasteiger partial charge < -0.3 is 14.2 Å². The summed E-state index contributed by atoms with van der Waals surface area (Å²) in [6.45, 7) is 3.51. The quantitative estimate of drug-likeness (QED) is 0.853. The fraction of sp³-hybridized carbons (Fsp3) is 0.526. The SMILES string of the molecule is Cn1c(CC(=O)N2CC(C3CCOCC3)C2)nnc1-c1ccccc1. The van der Waals surface area contributed by atoms with Gasteiger partial charge in [0.05, 0.1) is 6.42 Å². The highest BCUT2D eigenvalue weighted by atomic mass is 16.5. The normalized spacial score (nSPS) is 19.0. The van der Waals surface area contributed by atoms with Crippen LogP contribution >= 0.6 is 0 Å². The lowest BCUT2D eigenvalue weighted by Crippen LogP contribution is -2.54. The van der Waals surface area contributed by atoms with E-state index in [0.29, 0.717) is 12.3 Å². The molecule has 6 heteroatoms. The number of likely N-dealkylation sites (tertiary alicyclic amines) is 1. The summed E-state index contributed by atoms with van der Waals surface area (Å²) in [5.74, 6) is 3.04. The Bertz CT molecular complexity index is 731. The minimum absolute atomic E-state index is 0.151. The summed E-state index contributed by atoms with van der Waals surface area (Å²) >= 11 is 0. The van der Waals surface area contributed by atoms with Crippen molar-refractivity contribution in [3.63, 3.8) is 0 Å². The number of carbonyl (C=O) groups excluding carboxylic acids is 1. The van der Waals surface area contributed by atoms with E-state index in [9.17, 15) is 4.79 Å². The van der Waals surface area contributed by atoms with Crippen molar-refractivity contribution in [3.8, 4) is 11.4 Å². The highest BCUT2D eigenvalue weighted by Crippen LogP contribution is 2.31. The van der Waals surface area contributed by atoms with E-state index in [1.807, 2.05) is 46.8 Å². The molecule has 0 radical (unpaired) electrons. The van der Waals surface area contributed by atoms with Crippen LogP contribution in [0.5, 0.6) is 0 Å². The first-order valence-corrected chi connectivity index (χ1v) is 9.01. The van der Waals surface area contributed by atoms with Crippen LogP contribution in [0.15, 0.2) is 30.3 Å². The lowest BCUT2D eigenvalue weighted by molar-refractivity contribution is -0.139. The maximum Gasteiger partial charge on any atom is 0.230 e. The minimum Gasteiger partial charge on any atom is -0.381 e. The Morgan fingerprint density at radius 2 is 1.84 bits per heavy atom. The van der Waals surface area contributed by atoms with Gasteiger partial charge in [-0.3, -0.25) is 4.79 Å². The van der Waals surface area contributed by atoms with E-state index in [0.717, 1.165) is 62.3 Å². The van der Waals surface area contributed by atoms with Gasteiger partial charge in [0.2, 0.25) is 5.91 Å². The number of hydrogen-bond acceptors (Lipinski definition) is 4. The number of benzene rings is 1. The first-order valence-electron chi connectivity index (χ1n) is 9.01. The van der Waals surface area contributed by atoms with E-state index in [1.54, 1.807) is 0 Å². The van der Waals surface area contributed by atoms with Crippen molar-refractivity contribution in [2.24, 2.45) is 18.9 Å². The number of aromatic nitrogens is 3. The van der Waals surface area contributed by atoms with E-state index in [4.69, 9.17) is 4.74 Å². The van der Waals surface area contributed by atoms with E-state index in [1.165, 1.54) is 0 Å². The lowest BCUT2D eigenvalue weighted by atomic mass is 9.81. The minimum atomic E-state index is 0.151. The second kappa shape index (κ2) is 6.96. The van der Waals surface area contributed by atoms with Gasteiger partial charge in [0.25, 0.3) is 0 Å². The Labute approximate surface area is 147 Å². The third-order valence-corrected chi connectivity index (χ3v) is 5.50. The summed E-state index contributed by atoms with van der Waals surface area (Å²) in [5.41, 5.74) is 1.01. The van der Waals surface area contributed by atoms with Crippen LogP contribution in [0.25, 0.3) is 11.4 Å². The molecule has 4 rings (SSSR count). The molecule has 0 saturated carbocycles. The van der Waals surface area contributed by atoms with Gasteiger partial charge in [0.15, 0.2) is 5.82 Å². The predicted molar refractivity (Wildman–Crippen MR) is 93.8 cm³/mol. The zero-order chi connectivity index (χ0) is 17.2. The van der Waals surface area contributed by atoms with Crippen LogP contribution in [-0.4, -0.2) is 51.9 Å². The summed E-state index contributed by atoms with van der Waals surface area (Å²) in [4.78, 5) is 14.5. The van der Waals surface area contributed by atoms with Gasteiger partial charge in [-0.1, -0.05) is 30.3 Å². The van der Waals surface area contributed by atoms with Gasteiger partial charge in [0.1, 0.15) is 5.82 Å². The fourth-order valence-corrected chi connectivity index (χ4v) is 3.80. The molecule has 0 unspecified atom stereocenters. The smallest absolute Gasteiger partial charge is 0.230 e. The van der Waals surface area contributed by atoms with Crippen molar-refractivity contribution in [2.75, 3.05) is 26.3 Å². The second-order valence-corrected chi connectivity index (χ2v) is 7.05. The molecule has 2 aliphatic rings. The fourth-order valence-electron chi connectivity index (χ4n) is 3.80. The Morgan fingerprint density at radius 1 is 1.12 bits per heavy atom. The number of rotatable bonds is 4. The summed E-state index contributed by atoms with van der Waals surface area (Å²) < 4.78 is 7.34. The van der Waals surface area contributed by atoms with Crippen LogP contribution in [0.4, 0.5) is 0 Å². The van der Waals surface area contributed by atoms with Crippen molar-refractivity contribution in [1.82, 2.24) is 19.7 Å². The van der Waals surface area contributed by atoms with E-state index in [2.05, 4.69) is 10.2 Å². The van der Waals surface area contributed by atoms with Crippen molar-refractivity contribution >= 4 is 5.91 Å². The van der Waals surface area contributed by atoms with E-state index < -0.39 is 0 Å². The van der Waals surface area contributed by atoms with Crippen LogP contribution in [0.1, 0.15) is 18.7 Å². The van der Waals surface area contributed by atoms with Crippen molar-refractivity contribution in [1.29, 1.82) is 0 Å². The predicted octanol–water partition coefficient (Wildman–Crippen LogP) is 1.91. The molecule has 0 N–H and O–H groups in total. The molecule has 2 aliphatic heterocycles. The van der Waals surface area contributed by atoms with Crippen LogP contribution in [0.3, 0.4) is 0 Å². The molecule has 25 heavy (non-hydrogen) atoms. The molecule has 2 aromatic rings. The molecule has 0 aliphatic carbocycles. The zero-order valence-electron chi connectivity index (χ0n) is 14.6.